The normalized spacial score (nSPS) is 23.9. The predicted octanol–water partition coefficient (Wildman–Crippen LogP) is 2.11. The van der Waals surface area contributed by atoms with Crippen molar-refractivity contribution < 1.29 is 9.53 Å². The van der Waals surface area contributed by atoms with Gasteiger partial charge in [-0.2, -0.15) is 0 Å². The van der Waals surface area contributed by atoms with Crippen molar-refractivity contribution >= 4 is 27.6 Å². The fourth-order valence-corrected chi connectivity index (χ4v) is 2.76. The number of hydrogen-bond donors (Lipinski definition) is 1. The molecule has 0 spiro atoms. The van der Waals surface area contributed by atoms with Crippen molar-refractivity contribution in [1.82, 2.24) is 4.90 Å². The topological polar surface area (TPSA) is 41.6 Å². The summed E-state index contributed by atoms with van der Waals surface area (Å²) in [6.07, 6.45) is 0.753. The van der Waals surface area contributed by atoms with Gasteiger partial charge in [-0.15, -0.1) is 0 Å². The lowest BCUT2D eigenvalue weighted by Gasteiger charge is -2.28. The van der Waals surface area contributed by atoms with Crippen LogP contribution in [0.25, 0.3) is 0 Å². The van der Waals surface area contributed by atoms with Crippen LogP contribution in [0.3, 0.4) is 0 Å². The van der Waals surface area contributed by atoms with Gasteiger partial charge in [0.05, 0.1) is 7.11 Å². The highest BCUT2D eigenvalue weighted by atomic mass is 79.9. The highest BCUT2D eigenvalue weighted by Gasteiger charge is 2.44. The van der Waals surface area contributed by atoms with Crippen molar-refractivity contribution in [2.24, 2.45) is 0 Å². The van der Waals surface area contributed by atoms with E-state index in [0.29, 0.717) is 6.54 Å². The molecule has 1 heterocycles. The van der Waals surface area contributed by atoms with E-state index in [9.17, 15) is 4.79 Å². The van der Waals surface area contributed by atoms with Crippen LogP contribution >= 0.6 is 15.9 Å². The molecule has 1 saturated heterocycles. The summed E-state index contributed by atoms with van der Waals surface area (Å²) in [6, 6.07) is 7.81. The number of benzene rings is 1. The molecule has 5 heteroatoms. The maximum atomic E-state index is 12.0. The summed E-state index contributed by atoms with van der Waals surface area (Å²) in [5.41, 5.74) is 0.287. The molecule has 4 nitrogen and oxygen atoms in total. The molecule has 0 amide bonds. The minimum Gasteiger partial charge on any atom is -0.467 e. The Morgan fingerprint density at radius 2 is 2.33 bits per heavy atom. The first-order chi connectivity index (χ1) is 8.55. The third kappa shape index (κ3) is 2.67. The van der Waals surface area contributed by atoms with E-state index in [1.54, 1.807) is 0 Å². The molecular formula is C13H17BrN2O2. The zero-order valence-corrected chi connectivity index (χ0v) is 12.2. The number of likely N-dealkylation sites (tertiary alicyclic amines) is 1. The number of esters is 1. The average Bonchev–Trinajstić information content (AvgIpc) is 2.71. The van der Waals surface area contributed by atoms with Gasteiger partial charge in [-0.3, -0.25) is 0 Å². The van der Waals surface area contributed by atoms with Crippen LogP contribution in [0, 0.1) is 0 Å². The summed E-state index contributed by atoms with van der Waals surface area (Å²) in [5.74, 6) is -0.202. The Labute approximate surface area is 115 Å². The molecule has 1 unspecified atom stereocenters. The summed E-state index contributed by atoms with van der Waals surface area (Å²) in [7, 11) is 3.44. The SMILES string of the molecule is COC(=O)C1(Nc2cccc(Br)c2)CCN(C)C1. The average molecular weight is 313 g/mol. The third-order valence-corrected chi connectivity index (χ3v) is 3.74. The van der Waals surface area contributed by atoms with E-state index >= 15 is 0 Å². The van der Waals surface area contributed by atoms with E-state index in [-0.39, 0.29) is 5.97 Å². The van der Waals surface area contributed by atoms with E-state index in [2.05, 4.69) is 26.1 Å². The van der Waals surface area contributed by atoms with Gasteiger partial charge in [-0.25, -0.2) is 4.79 Å². The zero-order chi connectivity index (χ0) is 13.2. The largest absolute Gasteiger partial charge is 0.467 e. The summed E-state index contributed by atoms with van der Waals surface area (Å²) in [5, 5.41) is 3.33. The third-order valence-electron chi connectivity index (χ3n) is 3.24. The Kier molecular flexibility index (Phi) is 3.92. The molecular weight excluding hydrogens is 296 g/mol. The van der Waals surface area contributed by atoms with Crippen LogP contribution < -0.4 is 5.32 Å². The van der Waals surface area contributed by atoms with Crippen LogP contribution in [0.4, 0.5) is 5.69 Å². The molecule has 1 aromatic carbocycles. The standard InChI is InChI=1S/C13H17BrN2O2/c1-16-7-6-13(9-16,12(17)18-2)15-11-5-3-4-10(14)8-11/h3-5,8,15H,6-7,9H2,1-2H3. The molecule has 0 bridgehead atoms. The van der Waals surface area contributed by atoms with Crippen LogP contribution in [0.15, 0.2) is 28.7 Å². The molecule has 2 rings (SSSR count). The van der Waals surface area contributed by atoms with E-state index in [0.717, 1.165) is 23.1 Å². The highest BCUT2D eigenvalue weighted by molar-refractivity contribution is 9.10. The van der Waals surface area contributed by atoms with Crippen LogP contribution in [0.2, 0.25) is 0 Å². The first kappa shape index (κ1) is 13.4. The van der Waals surface area contributed by atoms with Gasteiger partial charge in [0.2, 0.25) is 0 Å². The molecule has 1 fully saturated rings. The quantitative estimate of drug-likeness (QED) is 0.868. The van der Waals surface area contributed by atoms with E-state index in [4.69, 9.17) is 4.74 Å². The number of carbonyl (C=O) groups is 1. The van der Waals surface area contributed by atoms with Gasteiger partial charge in [-0.05, 0) is 31.7 Å². The maximum absolute atomic E-state index is 12.0. The maximum Gasteiger partial charge on any atom is 0.332 e. The van der Waals surface area contributed by atoms with Crippen molar-refractivity contribution in [3.8, 4) is 0 Å². The molecule has 98 valence electrons. The monoisotopic (exact) mass is 312 g/mol. The van der Waals surface area contributed by atoms with Crippen molar-refractivity contribution in [1.29, 1.82) is 0 Å². The van der Waals surface area contributed by atoms with E-state index < -0.39 is 5.54 Å². The first-order valence-electron chi connectivity index (χ1n) is 5.86. The van der Waals surface area contributed by atoms with Gasteiger partial charge in [0.25, 0.3) is 0 Å². The van der Waals surface area contributed by atoms with E-state index in [1.165, 1.54) is 7.11 Å². The predicted molar refractivity (Wildman–Crippen MR) is 74.6 cm³/mol. The molecule has 1 atom stereocenters. The van der Waals surface area contributed by atoms with Crippen LogP contribution in [-0.4, -0.2) is 43.7 Å². The second-order valence-electron chi connectivity index (χ2n) is 4.70. The van der Waals surface area contributed by atoms with E-state index in [1.807, 2.05) is 31.3 Å². The number of ether oxygens (including phenoxy) is 1. The number of nitrogens with one attached hydrogen (secondary N) is 1. The van der Waals surface area contributed by atoms with Gasteiger partial charge in [0, 0.05) is 23.2 Å². The number of likely N-dealkylation sites (N-methyl/N-ethyl adjacent to an activating group) is 1. The van der Waals surface area contributed by atoms with Gasteiger partial charge in [-0.1, -0.05) is 22.0 Å². The minimum absolute atomic E-state index is 0.202. The minimum atomic E-state index is -0.635. The Morgan fingerprint density at radius 1 is 1.56 bits per heavy atom. The smallest absolute Gasteiger partial charge is 0.332 e. The zero-order valence-electron chi connectivity index (χ0n) is 10.6. The van der Waals surface area contributed by atoms with Crippen LogP contribution in [0.5, 0.6) is 0 Å². The lowest BCUT2D eigenvalue weighted by atomic mass is 9.98. The summed E-state index contributed by atoms with van der Waals surface area (Å²) < 4.78 is 5.93. The molecule has 0 aliphatic carbocycles. The Balaban J connectivity index is 2.23. The number of methoxy groups -OCH3 is 1. The first-order valence-corrected chi connectivity index (χ1v) is 6.66. The number of halogens is 1. The number of nitrogens with zero attached hydrogens (tertiary/aromatic N) is 1. The fraction of sp³-hybridized carbons (Fsp3) is 0.462. The molecule has 18 heavy (non-hydrogen) atoms. The lowest BCUT2D eigenvalue weighted by molar-refractivity contribution is -0.145. The Bertz CT molecular complexity index is 452. The van der Waals surface area contributed by atoms with Gasteiger partial charge < -0.3 is 15.0 Å². The van der Waals surface area contributed by atoms with Crippen molar-refractivity contribution in [2.45, 2.75) is 12.0 Å². The Morgan fingerprint density at radius 3 is 2.89 bits per heavy atom. The molecule has 1 aliphatic rings. The molecule has 0 aromatic heterocycles. The summed E-state index contributed by atoms with van der Waals surface area (Å²) >= 11 is 3.43. The molecule has 0 saturated carbocycles. The molecule has 0 radical (unpaired) electrons. The van der Waals surface area contributed by atoms with Crippen molar-refractivity contribution in [3.05, 3.63) is 28.7 Å². The Hall–Kier alpha value is -1.07. The lowest BCUT2D eigenvalue weighted by Crippen LogP contribution is -2.49. The number of carbonyl (C=O) groups excluding carboxylic acids is 1. The second kappa shape index (κ2) is 5.28. The van der Waals surface area contributed by atoms with Crippen LogP contribution in [-0.2, 0) is 9.53 Å². The number of anilines is 1. The van der Waals surface area contributed by atoms with Crippen LogP contribution in [0.1, 0.15) is 6.42 Å². The number of rotatable bonds is 3. The second-order valence-corrected chi connectivity index (χ2v) is 5.61. The van der Waals surface area contributed by atoms with Gasteiger partial charge in [0.1, 0.15) is 5.54 Å². The summed E-state index contributed by atoms with van der Waals surface area (Å²) in [4.78, 5) is 14.2. The number of hydrogen-bond acceptors (Lipinski definition) is 4. The van der Waals surface area contributed by atoms with Gasteiger partial charge >= 0.3 is 5.97 Å². The molecule has 1 N–H and O–H groups in total. The van der Waals surface area contributed by atoms with Crippen molar-refractivity contribution in [3.63, 3.8) is 0 Å². The molecule has 1 aromatic rings. The fourth-order valence-electron chi connectivity index (χ4n) is 2.36. The summed E-state index contributed by atoms with van der Waals surface area (Å²) in [6.45, 7) is 1.54. The van der Waals surface area contributed by atoms with Crippen molar-refractivity contribution in [2.75, 3.05) is 32.6 Å². The highest BCUT2D eigenvalue weighted by Crippen LogP contribution is 2.28. The van der Waals surface area contributed by atoms with Gasteiger partial charge in [0.15, 0.2) is 0 Å². The molecule has 1 aliphatic heterocycles.